The summed E-state index contributed by atoms with van der Waals surface area (Å²) < 4.78 is 5.79. The number of rotatable bonds is 1. The lowest BCUT2D eigenvalue weighted by atomic mass is 10.0. The van der Waals surface area contributed by atoms with Crippen molar-refractivity contribution in [2.75, 3.05) is 0 Å². The Hall–Kier alpha value is -2.88. The number of aromatic amines is 1. The van der Waals surface area contributed by atoms with Gasteiger partial charge in [0.25, 0.3) is 5.56 Å². The molecule has 1 aliphatic heterocycles. The Balaban J connectivity index is 1.85. The Bertz CT molecular complexity index is 869. The van der Waals surface area contributed by atoms with Crippen molar-refractivity contribution in [2.45, 2.75) is 6.42 Å². The zero-order valence-corrected chi connectivity index (χ0v) is 11.2. The molecule has 3 aromatic rings. The Labute approximate surface area is 121 Å². The second-order valence-electron chi connectivity index (χ2n) is 4.95. The molecule has 0 aliphatic carbocycles. The van der Waals surface area contributed by atoms with Crippen LogP contribution in [-0.2, 0) is 6.42 Å². The van der Waals surface area contributed by atoms with Gasteiger partial charge in [0.05, 0.1) is 5.56 Å². The summed E-state index contributed by atoms with van der Waals surface area (Å²) in [4.78, 5) is 19.6. The number of benzene rings is 2. The zero-order valence-electron chi connectivity index (χ0n) is 11.2. The number of nitrogens with zero attached hydrogens (tertiary/aromatic N) is 1. The fourth-order valence-corrected chi connectivity index (χ4v) is 2.49. The molecule has 4 nitrogen and oxygen atoms in total. The first kappa shape index (κ1) is 11.9. The van der Waals surface area contributed by atoms with E-state index in [0.717, 1.165) is 16.9 Å². The van der Waals surface area contributed by atoms with Crippen LogP contribution in [0.25, 0.3) is 11.4 Å². The summed E-state index contributed by atoms with van der Waals surface area (Å²) in [5, 5.41) is 0. The minimum atomic E-state index is -0.145. The molecule has 21 heavy (non-hydrogen) atoms. The maximum atomic E-state index is 12.3. The lowest BCUT2D eigenvalue weighted by molar-refractivity contribution is 0.438. The van der Waals surface area contributed by atoms with E-state index in [1.54, 1.807) is 0 Å². The Morgan fingerprint density at radius 3 is 2.62 bits per heavy atom. The van der Waals surface area contributed by atoms with Gasteiger partial charge in [0.2, 0.25) is 5.88 Å². The molecule has 4 rings (SSSR count). The third kappa shape index (κ3) is 2.01. The number of fused-ring (bicyclic) bond motifs is 2. The van der Waals surface area contributed by atoms with Gasteiger partial charge in [-0.05, 0) is 11.6 Å². The largest absolute Gasteiger partial charge is 0.438 e. The van der Waals surface area contributed by atoms with Crippen molar-refractivity contribution < 1.29 is 4.74 Å². The van der Waals surface area contributed by atoms with E-state index in [0.29, 0.717) is 23.7 Å². The summed E-state index contributed by atoms with van der Waals surface area (Å²) >= 11 is 0. The molecule has 1 N–H and O–H groups in total. The van der Waals surface area contributed by atoms with Gasteiger partial charge in [-0.25, -0.2) is 0 Å². The molecular formula is C17H12N2O2. The van der Waals surface area contributed by atoms with Gasteiger partial charge >= 0.3 is 0 Å². The number of aromatic nitrogens is 2. The van der Waals surface area contributed by atoms with Crippen LogP contribution < -0.4 is 10.3 Å². The van der Waals surface area contributed by atoms with E-state index in [1.807, 2.05) is 54.6 Å². The maximum Gasteiger partial charge on any atom is 0.258 e. The van der Waals surface area contributed by atoms with Crippen molar-refractivity contribution >= 4 is 0 Å². The van der Waals surface area contributed by atoms with Crippen molar-refractivity contribution in [2.24, 2.45) is 0 Å². The predicted molar refractivity (Wildman–Crippen MR) is 79.6 cm³/mol. The van der Waals surface area contributed by atoms with E-state index in [1.165, 1.54) is 0 Å². The number of hydrogen-bond acceptors (Lipinski definition) is 3. The summed E-state index contributed by atoms with van der Waals surface area (Å²) in [5.41, 5.74) is 2.30. The second-order valence-corrected chi connectivity index (χ2v) is 4.95. The smallest absolute Gasteiger partial charge is 0.258 e. The maximum absolute atomic E-state index is 12.3. The first-order chi connectivity index (χ1) is 10.3. The third-order valence-electron chi connectivity index (χ3n) is 3.57. The van der Waals surface area contributed by atoms with Crippen LogP contribution in [-0.4, -0.2) is 9.97 Å². The minimum absolute atomic E-state index is 0.145. The zero-order chi connectivity index (χ0) is 14.2. The first-order valence-corrected chi connectivity index (χ1v) is 6.75. The predicted octanol–water partition coefficient (Wildman–Crippen LogP) is 3.13. The van der Waals surface area contributed by atoms with Crippen LogP contribution in [0, 0.1) is 0 Å². The van der Waals surface area contributed by atoms with Crippen LogP contribution in [0.3, 0.4) is 0 Å². The number of nitrogens with one attached hydrogen (secondary N) is 1. The molecular weight excluding hydrogens is 264 g/mol. The van der Waals surface area contributed by atoms with Crippen LogP contribution in [0.2, 0.25) is 0 Å². The SMILES string of the molecule is O=c1[nH]c(-c2ccccc2)nc2c1Cc1ccccc1O2. The first-order valence-electron chi connectivity index (χ1n) is 6.75. The van der Waals surface area contributed by atoms with Crippen LogP contribution in [0.15, 0.2) is 59.4 Å². The quantitative estimate of drug-likeness (QED) is 0.581. The topological polar surface area (TPSA) is 55.0 Å². The van der Waals surface area contributed by atoms with Crippen molar-refractivity contribution in [3.63, 3.8) is 0 Å². The normalized spacial score (nSPS) is 12.2. The molecule has 2 aromatic carbocycles. The standard InChI is InChI=1S/C17H12N2O2/c20-16-13-10-12-8-4-5-9-14(12)21-17(13)19-15(18-16)11-6-2-1-3-7-11/h1-9H,10H2,(H,18,19,20). The van der Waals surface area contributed by atoms with Gasteiger partial charge in [-0.1, -0.05) is 48.5 Å². The molecule has 0 saturated carbocycles. The van der Waals surface area contributed by atoms with Crippen LogP contribution >= 0.6 is 0 Å². The molecule has 0 amide bonds. The summed E-state index contributed by atoms with van der Waals surface area (Å²) in [6.07, 6.45) is 0.545. The summed E-state index contributed by atoms with van der Waals surface area (Å²) in [6, 6.07) is 17.2. The van der Waals surface area contributed by atoms with Gasteiger partial charge < -0.3 is 9.72 Å². The number of ether oxygens (including phenoxy) is 1. The monoisotopic (exact) mass is 276 g/mol. The van der Waals surface area contributed by atoms with E-state index in [2.05, 4.69) is 9.97 Å². The van der Waals surface area contributed by atoms with Crippen LogP contribution in [0.1, 0.15) is 11.1 Å². The summed E-state index contributed by atoms with van der Waals surface area (Å²) in [7, 11) is 0. The third-order valence-corrected chi connectivity index (χ3v) is 3.57. The van der Waals surface area contributed by atoms with Gasteiger partial charge in [-0.2, -0.15) is 4.98 Å². The van der Waals surface area contributed by atoms with Crippen molar-refractivity contribution in [1.29, 1.82) is 0 Å². The molecule has 2 heterocycles. The number of H-pyrrole nitrogens is 1. The molecule has 102 valence electrons. The lowest BCUT2D eigenvalue weighted by Crippen LogP contribution is -2.20. The van der Waals surface area contributed by atoms with E-state index >= 15 is 0 Å². The molecule has 0 fully saturated rings. The Morgan fingerprint density at radius 2 is 1.76 bits per heavy atom. The van der Waals surface area contributed by atoms with E-state index < -0.39 is 0 Å². The molecule has 0 saturated heterocycles. The van der Waals surface area contributed by atoms with Gasteiger partial charge in [0, 0.05) is 12.0 Å². The molecule has 4 heteroatoms. The second kappa shape index (κ2) is 4.59. The van der Waals surface area contributed by atoms with Crippen LogP contribution in [0.4, 0.5) is 0 Å². The Morgan fingerprint density at radius 1 is 1.00 bits per heavy atom. The van der Waals surface area contributed by atoms with Gasteiger partial charge in [-0.15, -0.1) is 0 Å². The van der Waals surface area contributed by atoms with Gasteiger partial charge in [-0.3, -0.25) is 4.79 Å². The van der Waals surface area contributed by atoms with Crippen molar-refractivity contribution in [3.8, 4) is 23.0 Å². The molecule has 0 unspecified atom stereocenters. The summed E-state index contributed by atoms with van der Waals surface area (Å²) in [6.45, 7) is 0. The van der Waals surface area contributed by atoms with Gasteiger partial charge in [0.15, 0.2) is 0 Å². The van der Waals surface area contributed by atoms with Crippen molar-refractivity contribution in [3.05, 3.63) is 76.1 Å². The highest BCUT2D eigenvalue weighted by atomic mass is 16.5. The molecule has 1 aromatic heterocycles. The fraction of sp³-hybridized carbons (Fsp3) is 0.0588. The molecule has 1 aliphatic rings. The fourth-order valence-electron chi connectivity index (χ4n) is 2.49. The van der Waals surface area contributed by atoms with Gasteiger partial charge in [0.1, 0.15) is 11.6 Å². The van der Waals surface area contributed by atoms with Crippen LogP contribution in [0.5, 0.6) is 11.6 Å². The number of para-hydroxylation sites is 1. The Kier molecular flexibility index (Phi) is 2.60. The highest BCUT2D eigenvalue weighted by molar-refractivity contribution is 5.56. The molecule has 0 radical (unpaired) electrons. The highest BCUT2D eigenvalue weighted by Crippen LogP contribution is 2.33. The number of hydrogen-bond donors (Lipinski definition) is 1. The minimum Gasteiger partial charge on any atom is -0.438 e. The summed E-state index contributed by atoms with van der Waals surface area (Å²) in [5.74, 6) is 1.69. The lowest BCUT2D eigenvalue weighted by Gasteiger charge is -2.18. The van der Waals surface area contributed by atoms with E-state index in [-0.39, 0.29) is 5.56 Å². The molecule has 0 bridgehead atoms. The van der Waals surface area contributed by atoms with E-state index in [9.17, 15) is 4.79 Å². The van der Waals surface area contributed by atoms with E-state index in [4.69, 9.17) is 4.74 Å². The molecule has 0 atom stereocenters. The van der Waals surface area contributed by atoms with Crippen molar-refractivity contribution in [1.82, 2.24) is 9.97 Å². The average molecular weight is 276 g/mol. The molecule has 0 spiro atoms. The highest BCUT2D eigenvalue weighted by Gasteiger charge is 2.21. The average Bonchev–Trinajstić information content (AvgIpc) is 2.54.